The smallest absolute Gasteiger partial charge is 0.356 e. The molecule has 0 saturated carbocycles. The summed E-state index contributed by atoms with van der Waals surface area (Å²) in [7, 11) is 0. The quantitative estimate of drug-likeness (QED) is 0.632. The molecule has 0 aromatic heterocycles. The molecule has 0 bridgehead atoms. The number of hydrogen-bond donors (Lipinski definition) is 3. The van der Waals surface area contributed by atoms with Crippen molar-refractivity contribution in [2.45, 2.75) is 6.10 Å². The molecular weight excluding hydrogens is 232 g/mol. The molecule has 1 rings (SSSR count). The predicted molar refractivity (Wildman–Crippen MR) is 53.1 cm³/mol. The van der Waals surface area contributed by atoms with E-state index in [1.807, 2.05) is 0 Å². The van der Waals surface area contributed by atoms with Crippen LogP contribution in [-0.2, 0) is 9.59 Å². The summed E-state index contributed by atoms with van der Waals surface area (Å²) in [4.78, 5) is 31.9. The van der Waals surface area contributed by atoms with E-state index in [0.717, 1.165) is 0 Å². The first kappa shape index (κ1) is 12.5. The Morgan fingerprint density at radius 1 is 1.00 bits per heavy atom. The monoisotopic (exact) mass is 240 g/mol. The molecule has 1 aromatic carbocycles. The van der Waals surface area contributed by atoms with Crippen molar-refractivity contribution >= 4 is 17.9 Å². The van der Waals surface area contributed by atoms with Crippen LogP contribution in [0, 0.1) is 0 Å². The van der Waals surface area contributed by atoms with Crippen molar-refractivity contribution in [1.82, 2.24) is 0 Å². The van der Waals surface area contributed by atoms with Gasteiger partial charge in [0.05, 0.1) is 0 Å². The van der Waals surface area contributed by atoms with E-state index in [1.54, 1.807) is 0 Å². The Hall–Kier alpha value is -2.57. The molecule has 0 aliphatic rings. The molecule has 17 heavy (non-hydrogen) atoms. The third-order valence-electron chi connectivity index (χ3n) is 1.81. The molecule has 3 N–H and O–H groups in total. The van der Waals surface area contributed by atoms with Crippen molar-refractivity contribution in [1.29, 1.82) is 0 Å². The minimum atomic E-state index is -2.14. The summed E-state index contributed by atoms with van der Waals surface area (Å²) in [5.41, 5.74) is -0.306. The number of ether oxygens (including phenoxy) is 1. The van der Waals surface area contributed by atoms with Gasteiger partial charge in [-0.15, -0.1) is 0 Å². The van der Waals surface area contributed by atoms with E-state index >= 15 is 0 Å². The minimum absolute atomic E-state index is 0.306. The lowest BCUT2D eigenvalue weighted by atomic mass is 10.2. The Labute approximate surface area is 94.9 Å². The summed E-state index contributed by atoms with van der Waals surface area (Å²) in [6.07, 6.45) is -2.14. The third kappa shape index (κ3) is 2.94. The Bertz CT molecular complexity index is 451. The zero-order chi connectivity index (χ0) is 13.0. The van der Waals surface area contributed by atoms with Crippen molar-refractivity contribution in [2.75, 3.05) is 0 Å². The lowest BCUT2D eigenvalue weighted by Crippen LogP contribution is -2.35. The van der Waals surface area contributed by atoms with Gasteiger partial charge in [-0.05, 0) is 12.1 Å². The summed E-state index contributed by atoms with van der Waals surface area (Å²) in [6.45, 7) is 0. The Balaban J connectivity index is 3.05. The van der Waals surface area contributed by atoms with Crippen LogP contribution in [0.25, 0.3) is 0 Å². The van der Waals surface area contributed by atoms with Gasteiger partial charge in [0.1, 0.15) is 11.3 Å². The van der Waals surface area contributed by atoms with E-state index in [1.165, 1.54) is 24.3 Å². The molecule has 7 nitrogen and oxygen atoms in total. The molecule has 0 aliphatic heterocycles. The van der Waals surface area contributed by atoms with Gasteiger partial charge in [0.2, 0.25) is 0 Å². The fraction of sp³-hybridized carbons (Fsp3) is 0.100. The zero-order valence-electron chi connectivity index (χ0n) is 8.36. The number of hydrogen-bond acceptors (Lipinski definition) is 4. The van der Waals surface area contributed by atoms with Crippen LogP contribution in [0.15, 0.2) is 24.3 Å². The highest BCUT2D eigenvalue weighted by Gasteiger charge is 2.29. The maximum atomic E-state index is 10.8. The van der Waals surface area contributed by atoms with Gasteiger partial charge in [-0.1, -0.05) is 12.1 Å². The molecule has 0 atom stereocenters. The number of aliphatic carboxylic acids is 2. The van der Waals surface area contributed by atoms with Crippen LogP contribution in [0.1, 0.15) is 10.4 Å². The molecule has 0 saturated heterocycles. The van der Waals surface area contributed by atoms with Crippen LogP contribution in [-0.4, -0.2) is 39.3 Å². The Kier molecular flexibility index (Phi) is 3.66. The van der Waals surface area contributed by atoms with E-state index in [0.29, 0.717) is 0 Å². The zero-order valence-corrected chi connectivity index (χ0v) is 8.36. The summed E-state index contributed by atoms with van der Waals surface area (Å²) in [5.74, 6) is -5.07. The van der Waals surface area contributed by atoms with Gasteiger partial charge >= 0.3 is 17.9 Å². The number of aromatic carboxylic acids is 1. The molecule has 1 aromatic rings. The Morgan fingerprint density at radius 3 is 2.00 bits per heavy atom. The van der Waals surface area contributed by atoms with Gasteiger partial charge in [0.15, 0.2) is 0 Å². The van der Waals surface area contributed by atoms with Crippen molar-refractivity contribution in [3.63, 3.8) is 0 Å². The predicted octanol–water partition coefficient (Wildman–Crippen LogP) is 0.301. The number of rotatable bonds is 5. The van der Waals surface area contributed by atoms with Gasteiger partial charge in [-0.2, -0.15) is 0 Å². The van der Waals surface area contributed by atoms with Gasteiger partial charge < -0.3 is 20.1 Å². The van der Waals surface area contributed by atoms with Crippen LogP contribution >= 0.6 is 0 Å². The van der Waals surface area contributed by atoms with Crippen LogP contribution in [0.3, 0.4) is 0 Å². The molecular formula is C10H8O7. The fourth-order valence-corrected chi connectivity index (χ4v) is 1.08. The maximum absolute atomic E-state index is 10.8. The number of carboxylic acid groups (broad SMARTS) is 3. The molecule has 90 valence electrons. The highest BCUT2D eigenvalue weighted by atomic mass is 16.5. The molecule has 7 heteroatoms. The summed E-state index contributed by atoms with van der Waals surface area (Å²) in [6, 6.07) is 5.18. The van der Waals surface area contributed by atoms with Crippen molar-refractivity contribution < 1.29 is 34.4 Å². The second-order valence-electron chi connectivity index (χ2n) is 2.98. The normalized spacial score (nSPS) is 9.94. The van der Waals surface area contributed by atoms with E-state index < -0.39 is 24.0 Å². The molecule has 0 spiro atoms. The van der Waals surface area contributed by atoms with Crippen LogP contribution in [0.2, 0.25) is 0 Å². The van der Waals surface area contributed by atoms with Crippen LogP contribution in [0.5, 0.6) is 5.75 Å². The summed E-state index contributed by atoms with van der Waals surface area (Å²) < 4.78 is 4.65. The number of carboxylic acids is 3. The average Bonchev–Trinajstić information content (AvgIpc) is 2.25. The number of carbonyl (C=O) groups is 3. The lowest BCUT2D eigenvalue weighted by molar-refractivity contribution is -0.159. The first-order chi connectivity index (χ1) is 7.93. The molecule has 0 aliphatic carbocycles. The number of benzene rings is 1. The Morgan fingerprint density at radius 2 is 1.53 bits per heavy atom. The van der Waals surface area contributed by atoms with Crippen molar-refractivity contribution in [3.05, 3.63) is 29.8 Å². The van der Waals surface area contributed by atoms with Gasteiger partial charge in [-0.3, -0.25) is 0 Å². The molecule has 0 radical (unpaired) electrons. The number of para-hydroxylation sites is 1. The first-order valence-electron chi connectivity index (χ1n) is 4.38. The van der Waals surface area contributed by atoms with E-state index in [-0.39, 0.29) is 11.3 Å². The fourth-order valence-electron chi connectivity index (χ4n) is 1.08. The van der Waals surface area contributed by atoms with Gasteiger partial charge in [-0.25, -0.2) is 14.4 Å². The van der Waals surface area contributed by atoms with Crippen molar-refractivity contribution in [2.24, 2.45) is 0 Å². The highest BCUT2D eigenvalue weighted by molar-refractivity contribution is 5.97. The van der Waals surface area contributed by atoms with E-state index in [9.17, 15) is 14.4 Å². The summed E-state index contributed by atoms with van der Waals surface area (Å²) >= 11 is 0. The minimum Gasteiger partial charge on any atom is -0.478 e. The highest BCUT2D eigenvalue weighted by Crippen LogP contribution is 2.19. The SMILES string of the molecule is O=C(O)c1ccccc1OC(C(=O)O)C(=O)O. The largest absolute Gasteiger partial charge is 0.478 e. The first-order valence-corrected chi connectivity index (χ1v) is 4.38. The molecule has 0 heterocycles. The second kappa shape index (κ2) is 4.97. The van der Waals surface area contributed by atoms with Crippen molar-refractivity contribution in [3.8, 4) is 5.75 Å². The second-order valence-corrected chi connectivity index (χ2v) is 2.98. The van der Waals surface area contributed by atoms with Gasteiger partial charge in [0, 0.05) is 0 Å². The molecule has 0 fully saturated rings. The standard InChI is InChI=1S/C10H8O7/c11-8(12)5-3-1-2-4-6(5)17-7(9(13)14)10(15)16/h1-4,7H,(H,11,12)(H,13,14)(H,15,16). The van der Waals surface area contributed by atoms with E-state index in [2.05, 4.69) is 4.74 Å². The van der Waals surface area contributed by atoms with E-state index in [4.69, 9.17) is 15.3 Å². The van der Waals surface area contributed by atoms with Crippen LogP contribution in [0.4, 0.5) is 0 Å². The lowest BCUT2D eigenvalue weighted by Gasteiger charge is -2.12. The molecule has 0 unspecified atom stereocenters. The van der Waals surface area contributed by atoms with Gasteiger partial charge in [0.25, 0.3) is 6.10 Å². The van der Waals surface area contributed by atoms with Crippen LogP contribution < -0.4 is 4.74 Å². The molecule has 0 amide bonds. The average molecular weight is 240 g/mol. The topological polar surface area (TPSA) is 121 Å². The third-order valence-corrected chi connectivity index (χ3v) is 1.81. The summed E-state index contributed by atoms with van der Waals surface area (Å²) in [5, 5.41) is 25.9. The maximum Gasteiger partial charge on any atom is 0.356 e.